The SMILES string of the molecule is CC.CC.CC.CCC.CCC(C)(C)C(C)(C)C1CCN(C(C)(C)CC(C)(C)N2CCN(C)CC2)CC1. The van der Waals surface area contributed by atoms with Crippen LogP contribution in [0.25, 0.3) is 0 Å². The molecule has 3 nitrogen and oxygen atoms in total. The number of nitrogens with zero attached hydrogens (tertiary/aromatic N) is 3. The smallest absolute Gasteiger partial charge is 0.0171 e. The molecule has 0 unspecified atom stereocenters. The maximum atomic E-state index is 2.80. The van der Waals surface area contributed by atoms with E-state index in [2.05, 4.69) is 97.9 Å². The molecule has 2 saturated heterocycles. The van der Waals surface area contributed by atoms with Crippen molar-refractivity contribution in [3.63, 3.8) is 0 Å². The van der Waals surface area contributed by atoms with Crippen LogP contribution in [0, 0.1) is 16.7 Å². The lowest BCUT2D eigenvalue weighted by Crippen LogP contribution is -2.59. The maximum absolute atomic E-state index is 2.80. The number of likely N-dealkylation sites (tertiary alicyclic amines) is 1. The van der Waals surface area contributed by atoms with Gasteiger partial charge in [-0.2, -0.15) is 0 Å². The summed E-state index contributed by atoms with van der Waals surface area (Å²) in [7, 11) is 2.25. The van der Waals surface area contributed by atoms with Crippen molar-refractivity contribution >= 4 is 0 Å². The van der Waals surface area contributed by atoms with Crippen molar-refractivity contribution < 1.29 is 0 Å². The van der Waals surface area contributed by atoms with Crippen LogP contribution in [0.2, 0.25) is 0 Å². The third kappa shape index (κ3) is 13.2. The van der Waals surface area contributed by atoms with E-state index in [0.29, 0.717) is 10.8 Å². The Balaban J connectivity index is -0.00000114. The highest BCUT2D eigenvalue weighted by Crippen LogP contribution is 2.50. The highest BCUT2D eigenvalue weighted by atomic mass is 15.3. The van der Waals surface area contributed by atoms with Gasteiger partial charge in [-0.3, -0.25) is 9.80 Å². The lowest BCUT2D eigenvalue weighted by molar-refractivity contribution is -0.0373. The van der Waals surface area contributed by atoms with Crippen LogP contribution in [0.4, 0.5) is 0 Å². The molecule has 0 radical (unpaired) electrons. The quantitative estimate of drug-likeness (QED) is 0.326. The first-order valence-electron chi connectivity index (χ1n) is 16.3. The van der Waals surface area contributed by atoms with E-state index in [1.807, 2.05) is 41.5 Å². The van der Waals surface area contributed by atoms with Crippen LogP contribution in [0.5, 0.6) is 0 Å². The minimum atomic E-state index is 0.266. The molecule has 0 aliphatic carbocycles. The zero-order valence-corrected chi connectivity index (χ0v) is 29.7. The fraction of sp³-hybridized carbons (Fsp3) is 1.00. The zero-order valence-electron chi connectivity index (χ0n) is 29.7. The first-order valence-corrected chi connectivity index (χ1v) is 16.3. The van der Waals surface area contributed by atoms with Crippen LogP contribution < -0.4 is 0 Å². The van der Waals surface area contributed by atoms with Gasteiger partial charge in [-0.15, -0.1) is 0 Å². The lowest BCUT2D eigenvalue weighted by atomic mass is 9.58. The van der Waals surface area contributed by atoms with Gasteiger partial charge in [0.1, 0.15) is 0 Å². The highest BCUT2D eigenvalue weighted by Gasteiger charge is 2.45. The summed E-state index contributed by atoms with van der Waals surface area (Å²) in [6, 6.07) is 0. The normalized spacial score (nSPS) is 18.6. The fourth-order valence-corrected chi connectivity index (χ4v) is 5.91. The van der Waals surface area contributed by atoms with Crippen LogP contribution in [-0.4, -0.2) is 72.1 Å². The second kappa shape index (κ2) is 19.9. The molecule has 2 fully saturated rings. The minimum Gasteiger partial charge on any atom is -0.304 e. The van der Waals surface area contributed by atoms with Crippen LogP contribution in [0.15, 0.2) is 0 Å². The Kier molecular flexibility index (Phi) is 22.2. The number of likely N-dealkylation sites (N-methyl/N-ethyl adjacent to an activating group) is 1. The summed E-state index contributed by atoms with van der Waals surface area (Å²) in [5.41, 5.74) is 1.36. The molecule has 2 rings (SSSR count). The molecule has 228 valence electrons. The molecule has 0 amide bonds. The van der Waals surface area contributed by atoms with E-state index in [4.69, 9.17) is 0 Å². The van der Waals surface area contributed by atoms with Gasteiger partial charge in [0.05, 0.1) is 0 Å². The molecule has 0 aromatic carbocycles. The molecule has 3 heteroatoms. The zero-order chi connectivity index (χ0) is 30.1. The van der Waals surface area contributed by atoms with Gasteiger partial charge in [0.25, 0.3) is 0 Å². The van der Waals surface area contributed by atoms with E-state index < -0.39 is 0 Å². The van der Waals surface area contributed by atoms with Gasteiger partial charge in [0, 0.05) is 37.3 Å². The van der Waals surface area contributed by atoms with Gasteiger partial charge in [-0.05, 0) is 83.8 Å². The molecule has 2 aliphatic heterocycles. The summed E-state index contributed by atoms with van der Waals surface area (Å²) in [5, 5.41) is 0. The monoisotopic (exact) mass is 528 g/mol. The molecule has 0 spiro atoms. The van der Waals surface area contributed by atoms with E-state index in [-0.39, 0.29) is 11.1 Å². The predicted octanol–water partition coefficient (Wildman–Crippen LogP) is 9.85. The number of piperidine rings is 1. The largest absolute Gasteiger partial charge is 0.304 e. The minimum absolute atomic E-state index is 0.266. The molecule has 0 bridgehead atoms. The summed E-state index contributed by atoms with van der Waals surface area (Å²) < 4.78 is 0. The van der Waals surface area contributed by atoms with Crippen molar-refractivity contribution in [2.24, 2.45) is 16.7 Å². The summed E-state index contributed by atoms with van der Waals surface area (Å²) in [5.74, 6) is 0.847. The first kappa shape index (κ1) is 41.4. The summed E-state index contributed by atoms with van der Waals surface area (Å²) in [6.45, 7) is 45.9. The molecule has 0 aromatic heterocycles. The average Bonchev–Trinajstić information content (AvgIpc) is 2.88. The lowest BCUT2D eigenvalue weighted by Gasteiger charge is -2.53. The average molecular weight is 528 g/mol. The molecule has 2 heterocycles. The molecular weight excluding hydrogens is 450 g/mol. The van der Waals surface area contributed by atoms with Crippen molar-refractivity contribution in [2.75, 3.05) is 46.3 Å². The fourth-order valence-electron chi connectivity index (χ4n) is 5.91. The standard InChI is InChI=1S/C25H51N3.C3H8.3C2H6/c1-11-22(2,3)25(8,9)21-12-14-27(15-13-21)23(4,5)20-24(6,7)28-18-16-26(10)17-19-28;1-3-2;3*1-2/h21H,11-20H2,1-10H3;3H2,1-2H3;3*1-2H3. The van der Waals surface area contributed by atoms with Crippen molar-refractivity contribution in [3.8, 4) is 0 Å². The molecular formula is C34H77N3. The second-order valence-electron chi connectivity index (χ2n) is 13.0. The molecule has 0 N–H and O–H groups in total. The second-order valence-corrected chi connectivity index (χ2v) is 13.0. The molecule has 0 atom stereocenters. The number of piperazine rings is 1. The molecule has 0 aromatic rings. The first-order chi connectivity index (χ1) is 17.1. The molecule has 2 aliphatic rings. The Labute approximate surface area is 238 Å². The molecule has 37 heavy (non-hydrogen) atoms. The van der Waals surface area contributed by atoms with E-state index >= 15 is 0 Å². The van der Waals surface area contributed by atoms with Gasteiger partial charge < -0.3 is 4.90 Å². The van der Waals surface area contributed by atoms with Crippen LogP contribution in [-0.2, 0) is 0 Å². The maximum Gasteiger partial charge on any atom is 0.0171 e. The van der Waals surface area contributed by atoms with E-state index in [0.717, 1.165) is 5.92 Å². The van der Waals surface area contributed by atoms with Gasteiger partial charge in [-0.1, -0.05) is 103 Å². The predicted molar refractivity (Wildman–Crippen MR) is 174 cm³/mol. The Morgan fingerprint density at radius 2 is 0.892 bits per heavy atom. The summed E-state index contributed by atoms with van der Waals surface area (Å²) in [4.78, 5) is 7.99. The van der Waals surface area contributed by atoms with Crippen molar-refractivity contribution in [1.29, 1.82) is 0 Å². The van der Waals surface area contributed by atoms with Crippen LogP contribution >= 0.6 is 0 Å². The van der Waals surface area contributed by atoms with Crippen LogP contribution in [0.1, 0.15) is 150 Å². The van der Waals surface area contributed by atoms with Gasteiger partial charge in [0.2, 0.25) is 0 Å². The van der Waals surface area contributed by atoms with Gasteiger partial charge in [-0.25, -0.2) is 0 Å². The van der Waals surface area contributed by atoms with Crippen LogP contribution in [0.3, 0.4) is 0 Å². The Bertz CT molecular complexity index is 505. The van der Waals surface area contributed by atoms with Crippen molar-refractivity contribution in [3.05, 3.63) is 0 Å². The topological polar surface area (TPSA) is 9.72 Å². The summed E-state index contributed by atoms with van der Waals surface area (Å²) >= 11 is 0. The third-order valence-electron chi connectivity index (χ3n) is 9.22. The number of hydrogen-bond acceptors (Lipinski definition) is 3. The van der Waals surface area contributed by atoms with E-state index in [1.165, 1.54) is 71.4 Å². The molecule has 0 saturated carbocycles. The number of hydrogen-bond donors (Lipinski definition) is 0. The third-order valence-corrected chi connectivity index (χ3v) is 9.22. The Morgan fingerprint density at radius 3 is 1.22 bits per heavy atom. The Morgan fingerprint density at radius 1 is 0.568 bits per heavy atom. The highest BCUT2D eigenvalue weighted by molar-refractivity contribution is 4.98. The summed E-state index contributed by atoms with van der Waals surface area (Å²) in [6.07, 6.45) is 6.48. The van der Waals surface area contributed by atoms with Crippen molar-refractivity contribution in [1.82, 2.24) is 14.7 Å². The van der Waals surface area contributed by atoms with Crippen molar-refractivity contribution in [2.45, 2.75) is 161 Å². The number of rotatable bonds is 7. The van der Waals surface area contributed by atoms with Gasteiger partial charge >= 0.3 is 0 Å². The van der Waals surface area contributed by atoms with E-state index in [1.54, 1.807) is 0 Å². The Hall–Kier alpha value is -0.120. The van der Waals surface area contributed by atoms with Gasteiger partial charge in [0.15, 0.2) is 0 Å². The van der Waals surface area contributed by atoms with E-state index in [9.17, 15) is 0 Å².